The van der Waals surface area contributed by atoms with Crippen LogP contribution in [0.15, 0.2) is 59.7 Å². The van der Waals surface area contributed by atoms with E-state index >= 15 is 0 Å². The minimum absolute atomic E-state index is 0.101. The van der Waals surface area contributed by atoms with Gasteiger partial charge in [0.2, 0.25) is 11.8 Å². The molecule has 3 aliphatic rings. The summed E-state index contributed by atoms with van der Waals surface area (Å²) in [4.78, 5) is 52.6. The normalized spacial score (nSPS) is 25.4. The molecule has 166 valence electrons. The molecule has 2 aromatic rings. The summed E-state index contributed by atoms with van der Waals surface area (Å²) in [6, 6.07) is 9.26. The lowest BCUT2D eigenvalue weighted by Crippen LogP contribution is -2.46. The van der Waals surface area contributed by atoms with Crippen molar-refractivity contribution in [1.82, 2.24) is 5.01 Å². The molecule has 0 bridgehead atoms. The molecule has 33 heavy (non-hydrogen) atoms. The van der Waals surface area contributed by atoms with Crippen LogP contribution in [0.1, 0.15) is 21.5 Å². The van der Waals surface area contributed by atoms with Gasteiger partial charge in [-0.1, -0.05) is 35.9 Å². The van der Waals surface area contributed by atoms with Gasteiger partial charge in [0.1, 0.15) is 6.04 Å². The highest BCUT2D eigenvalue weighted by Gasteiger charge is 2.64. The summed E-state index contributed by atoms with van der Waals surface area (Å²) in [6.45, 7) is 3.76. The van der Waals surface area contributed by atoms with Crippen LogP contribution in [-0.2, 0) is 9.59 Å². The number of non-ortho nitro benzene ring substituents is 1. The van der Waals surface area contributed by atoms with Crippen LogP contribution < -0.4 is 4.90 Å². The van der Waals surface area contributed by atoms with Crippen LogP contribution in [0.2, 0.25) is 0 Å². The van der Waals surface area contributed by atoms with Gasteiger partial charge < -0.3 is 0 Å². The number of fused-ring (bicyclic) bond motifs is 3. The molecule has 0 aliphatic carbocycles. The molecule has 9 heteroatoms. The van der Waals surface area contributed by atoms with Crippen LogP contribution >= 0.6 is 0 Å². The Hall–Kier alpha value is -4.14. The number of ketones is 1. The van der Waals surface area contributed by atoms with Gasteiger partial charge in [-0.3, -0.25) is 29.5 Å². The number of anilines is 1. The molecule has 0 unspecified atom stereocenters. The Morgan fingerprint density at radius 2 is 1.82 bits per heavy atom. The lowest BCUT2D eigenvalue weighted by Gasteiger charge is -2.30. The molecule has 0 saturated carbocycles. The first kappa shape index (κ1) is 20.7. The lowest BCUT2D eigenvalue weighted by molar-refractivity contribution is -0.384. The van der Waals surface area contributed by atoms with Crippen molar-refractivity contribution in [3.63, 3.8) is 0 Å². The van der Waals surface area contributed by atoms with Crippen molar-refractivity contribution in [2.45, 2.75) is 25.9 Å². The Bertz CT molecular complexity index is 1280. The summed E-state index contributed by atoms with van der Waals surface area (Å²) in [7, 11) is 0. The first-order valence-electron chi connectivity index (χ1n) is 10.5. The number of hydrogen-bond donors (Lipinski definition) is 0. The molecule has 3 aliphatic heterocycles. The molecule has 5 rings (SSSR count). The van der Waals surface area contributed by atoms with Crippen molar-refractivity contribution in [3.05, 3.63) is 81.4 Å². The number of carbonyl (C=O) groups is 3. The number of amides is 2. The zero-order valence-electron chi connectivity index (χ0n) is 17.9. The zero-order valence-corrected chi connectivity index (χ0v) is 17.9. The molecule has 0 spiro atoms. The van der Waals surface area contributed by atoms with E-state index in [9.17, 15) is 24.5 Å². The van der Waals surface area contributed by atoms with Gasteiger partial charge in [0.25, 0.3) is 5.69 Å². The number of rotatable bonds is 4. The molecule has 2 amide bonds. The highest BCUT2D eigenvalue weighted by Crippen LogP contribution is 2.46. The molecule has 2 aromatic carbocycles. The van der Waals surface area contributed by atoms with Gasteiger partial charge in [-0.2, -0.15) is 5.10 Å². The quantitative estimate of drug-likeness (QED) is 0.310. The molecule has 0 aromatic heterocycles. The zero-order chi connectivity index (χ0) is 23.4. The Balaban J connectivity index is 1.59. The first-order chi connectivity index (χ1) is 15.8. The topological polar surface area (TPSA) is 113 Å². The Morgan fingerprint density at radius 1 is 1.06 bits per heavy atom. The third-order valence-corrected chi connectivity index (χ3v) is 6.49. The maximum Gasteiger partial charge on any atom is 0.270 e. The van der Waals surface area contributed by atoms with E-state index in [1.807, 2.05) is 26.0 Å². The maximum absolute atomic E-state index is 13.6. The van der Waals surface area contributed by atoms with E-state index in [0.717, 1.165) is 11.1 Å². The van der Waals surface area contributed by atoms with E-state index in [1.165, 1.54) is 40.4 Å². The van der Waals surface area contributed by atoms with E-state index in [0.29, 0.717) is 5.69 Å². The van der Waals surface area contributed by atoms with Crippen LogP contribution in [0.3, 0.4) is 0 Å². The molecule has 0 radical (unpaired) electrons. The predicted molar refractivity (Wildman–Crippen MR) is 120 cm³/mol. The van der Waals surface area contributed by atoms with E-state index in [4.69, 9.17) is 0 Å². The fourth-order valence-corrected chi connectivity index (χ4v) is 5.07. The number of Topliss-reactive ketones (excluding diaryl/α,β-unsaturated/α-hetero) is 1. The number of carbonyl (C=O) groups excluding carboxylic acids is 3. The lowest BCUT2D eigenvalue weighted by atomic mass is 9.86. The molecule has 0 N–H and O–H groups in total. The number of hydrogen-bond acceptors (Lipinski definition) is 7. The van der Waals surface area contributed by atoms with Gasteiger partial charge in [0.05, 0.1) is 28.5 Å². The highest BCUT2D eigenvalue weighted by atomic mass is 16.6. The van der Waals surface area contributed by atoms with Crippen molar-refractivity contribution in [1.29, 1.82) is 0 Å². The van der Waals surface area contributed by atoms with Crippen molar-refractivity contribution >= 4 is 35.2 Å². The average Bonchev–Trinajstić information content (AvgIpc) is 3.27. The molecule has 2 fully saturated rings. The Labute approximate surface area is 189 Å². The van der Waals surface area contributed by atoms with E-state index < -0.39 is 40.5 Å². The van der Waals surface area contributed by atoms with Crippen molar-refractivity contribution in [2.24, 2.45) is 16.9 Å². The average molecular weight is 444 g/mol. The summed E-state index contributed by atoms with van der Waals surface area (Å²) < 4.78 is 0. The van der Waals surface area contributed by atoms with Crippen LogP contribution in [-0.4, -0.2) is 45.8 Å². The smallest absolute Gasteiger partial charge is 0.270 e. The summed E-state index contributed by atoms with van der Waals surface area (Å²) in [5.74, 6) is -3.04. The molecule has 2 saturated heterocycles. The monoisotopic (exact) mass is 444 g/mol. The number of hydrazone groups is 1. The van der Waals surface area contributed by atoms with Crippen LogP contribution in [0.25, 0.3) is 0 Å². The number of aryl methyl sites for hydroxylation is 2. The Kier molecular flexibility index (Phi) is 4.70. The number of nitro benzene ring substituents is 1. The number of benzene rings is 2. The SMILES string of the molecule is Cc1ccc(N2C(=O)[C@@H]3[C@@H](C2=O)[C@@H]2C=CC=NN2[C@@H]3C(=O)c2cccc([N+](=O)[O-])c2)c(C)c1. The second-order valence-electron chi connectivity index (χ2n) is 8.49. The molecular weight excluding hydrogens is 424 g/mol. The predicted octanol–water partition coefficient (Wildman–Crippen LogP) is 2.81. The maximum atomic E-state index is 13.6. The molecule has 3 heterocycles. The highest BCUT2D eigenvalue weighted by molar-refractivity contribution is 6.25. The van der Waals surface area contributed by atoms with Gasteiger partial charge in [-0.15, -0.1) is 0 Å². The second-order valence-corrected chi connectivity index (χ2v) is 8.49. The number of allylic oxidation sites excluding steroid dienone is 1. The van der Waals surface area contributed by atoms with Crippen molar-refractivity contribution < 1.29 is 19.3 Å². The fraction of sp³-hybridized carbons (Fsp3) is 0.250. The second kappa shape index (κ2) is 7.47. The van der Waals surface area contributed by atoms with E-state index in [1.54, 1.807) is 18.2 Å². The summed E-state index contributed by atoms with van der Waals surface area (Å²) >= 11 is 0. The summed E-state index contributed by atoms with van der Waals surface area (Å²) in [6.07, 6.45) is 4.96. The molecular formula is C24H20N4O5. The summed E-state index contributed by atoms with van der Waals surface area (Å²) in [5, 5.41) is 17.0. The minimum atomic E-state index is -1.05. The Morgan fingerprint density at radius 3 is 2.55 bits per heavy atom. The first-order valence-corrected chi connectivity index (χ1v) is 10.5. The fourth-order valence-electron chi connectivity index (χ4n) is 5.07. The molecule has 4 atom stereocenters. The summed E-state index contributed by atoms with van der Waals surface area (Å²) in [5.41, 5.74) is 2.17. The van der Waals surface area contributed by atoms with E-state index in [2.05, 4.69) is 5.10 Å². The van der Waals surface area contributed by atoms with Gasteiger partial charge in [0.15, 0.2) is 5.78 Å². The van der Waals surface area contributed by atoms with E-state index in [-0.39, 0.29) is 17.2 Å². The standard InChI is InChI=1S/C24H20N4O5/c1-13-8-9-17(14(2)11-13)26-23(30)19-18-7-4-10-25-27(18)21(20(19)24(26)31)22(29)15-5-3-6-16(12-15)28(32)33/h3-12,18-21H,1-2H3/t18-,19-,20+,21-/m0/s1. The van der Waals surface area contributed by atoms with Crippen LogP contribution in [0.5, 0.6) is 0 Å². The third-order valence-electron chi connectivity index (χ3n) is 6.49. The van der Waals surface area contributed by atoms with Gasteiger partial charge in [-0.05, 0) is 31.6 Å². The third kappa shape index (κ3) is 3.07. The van der Waals surface area contributed by atoms with Gasteiger partial charge in [0, 0.05) is 23.9 Å². The number of imide groups is 1. The minimum Gasteiger partial charge on any atom is -0.292 e. The number of nitrogens with zero attached hydrogens (tertiary/aromatic N) is 4. The van der Waals surface area contributed by atoms with Crippen LogP contribution in [0, 0.1) is 35.8 Å². The molecule has 9 nitrogen and oxygen atoms in total. The number of nitro groups is 1. The van der Waals surface area contributed by atoms with Gasteiger partial charge >= 0.3 is 0 Å². The van der Waals surface area contributed by atoms with Crippen molar-refractivity contribution in [2.75, 3.05) is 4.90 Å². The van der Waals surface area contributed by atoms with Gasteiger partial charge in [-0.25, -0.2) is 4.90 Å². The largest absolute Gasteiger partial charge is 0.292 e. The van der Waals surface area contributed by atoms with Crippen molar-refractivity contribution in [3.8, 4) is 0 Å². The van der Waals surface area contributed by atoms with Crippen LogP contribution in [0.4, 0.5) is 11.4 Å².